The van der Waals surface area contributed by atoms with Crippen molar-refractivity contribution < 1.29 is 5.11 Å². The first-order chi connectivity index (χ1) is 8.09. The van der Waals surface area contributed by atoms with Gasteiger partial charge in [0.2, 0.25) is 0 Å². The van der Waals surface area contributed by atoms with Crippen molar-refractivity contribution in [2.45, 2.75) is 19.4 Å². The molecule has 1 saturated heterocycles. The molecular weight excluding hydrogens is 212 g/mol. The van der Waals surface area contributed by atoms with E-state index in [-0.39, 0.29) is 11.8 Å². The normalized spacial score (nSPS) is 33.1. The third-order valence-corrected chi connectivity index (χ3v) is 3.88. The lowest BCUT2D eigenvalue weighted by molar-refractivity contribution is -0.0806. The summed E-state index contributed by atoms with van der Waals surface area (Å²) in [5.74, 6) is 0.332. The zero-order valence-corrected chi connectivity index (χ0v) is 10.3. The van der Waals surface area contributed by atoms with Gasteiger partial charge in [-0.15, -0.1) is 0 Å². The maximum Gasteiger partial charge on any atom is 0.0991 e. The molecule has 2 rings (SSSR count). The van der Waals surface area contributed by atoms with Gasteiger partial charge >= 0.3 is 0 Å². The monoisotopic (exact) mass is 230 g/mol. The summed E-state index contributed by atoms with van der Waals surface area (Å²) in [5, 5.41) is 23.0. The summed E-state index contributed by atoms with van der Waals surface area (Å²) in [4.78, 5) is 0. The third-order valence-electron chi connectivity index (χ3n) is 3.88. The number of nitrogens with zero attached hydrogens (tertiary/aromatic N) is 1. The van der Waals surface area contributed by atoms with E-state index in [4.69, 9.17) is 5.26 Å². The summed E-state index contributed by atoms with van der Waals surface area (Å²) in [6, 6.07) is 9.39. The Balaban J connectivity index is 2.38. The number of aliphatic hydroxyl groups is 1. The number of nitrogens with one attached hydrogen (secondary N) is 1. The van der Waals surface area contributed by atoms with E-state index in [2.05, 4.69) is 25.2 Å². The van der Waals surface area contributed by atoms with Crippen molar-refractivity contribution in [3.63, 3.8) is 0 Å². The second-order valence-electron chi connectivity index (χ2n) is 4.97. The lowest BCUT2D eigenvalue weighted by atomic mass is 9.71. The van der Waals surface area contributed by atoms with Crippen LogP contribution in [0.25, 0.3) is 0 Å². The largest absolute Gasteiger partial charge is 0.385 e. The van der Waals surface area contributed by atoms with E-state index >= 15 is 0 Å². The van der Waals surface area contributed by atoms with Gasteiger partial charge in [0.15, 0.2) is 0 Å². The zero-order valence-electron chi connectivity index (χ0n) is 10.3. The Morgan fingerprint density at radius 2 is 1.76 bits per heavy atom. The average Bonchev–Trinajstić information content (AvgIpc) is 2.36. The van der Waals surface area contributed by atoms with Gasteiger partial charge in [-0.1, -0.05) is 26.0 Å². The topological polar surface area (TPSA) is 56.0 Å². The predicted octanol–water partition coefficient (Wildman–Crippen LogP) is 1.62. The van der Waals surface area contributed by atoms with E-state index in [0.29, 0.717) is 5.56 Å². The number of rotatable bonds is 1. The molecule has 2 N–H and O–H groups in total. The number of hydrogen-bond acceptors (Lipinski definition) is 3. The fourth-order valence-electron chi connectivity index (χ4n) is 2.69. The molecule has 1 aliphatic heterocycles. The Morgan fingerprint density at radius 3 is 2.24 bits per heavy atom. The van der Waals surface area contributed by atoms with Crippen LogP contribution in [0.3, 0.4) is 0 Å². The van der Waals surface area contributed by atoms with Crippen molar-refractivity contribution in [3.8, 4) is 6.07 Å². The van der Waals surface area contributed by atoms with Crippen molar-refractivity contribution in [3.05, 3.63) is 35.4 Å². The van der Waals surface area contributed by atoms with E-state index in [1.165, 1.54) is 0 Å². The minimum Gasteiger partial charge on any atom is -0.385 e. The van der Waals surface area contributed by atoms with Gasteiger partial charge < -0.3 is 10.4 Å². The smallest absolute Gasteiger partial charge is 0.0991 e. The molecule has 0 amide bonds. The highest BCUT2D eigenvalue weighted by molar-refractivity contribution is 5.35. The Labute approximate surface area is 102 Å². The maximum absolute atomic E-state index is 10.9. The molecule has 90 valence electrons. The lowest BCUT2D eigenvalue weighted by Crippen LogP contribution is -2.52. The summed E-state index contributed by atoms with van der Waals surface area (Å²) in [6.07, 6.45) is 0. The van der Waals surface area contributed by atoms with E-state index in [0.717, 1.165) is 18.7 Å². The molecular formula is C14H18N2O. The predicted molar refractivity (Wildman–Crippen MR) is 66.3 cm³/mol. The molecule has 0 saturated carbocycles. The van der Waals surface area contributed by atoms with Gasteiger partial charge in [0.25, 0.3) is 0 Å². The maximum atomic E-state index is 10.9. The highest BCUT2D eigenvalue weighted by Crippen LogP contribution is 2.38. The van der Waals surface area contributed by atoms with Crippen LogP contribution in [-0.4, -0.2) is 18.2 Å². The van der Waals surface area contributed by atoms with Gasteiger partial charge in [0, 0.05) is 24.9 Å². The van der Waals surface area contributed by atoms with Gasteiger partial charge in [-0.25, -0.2) is 0 Å². The highest BCUT2D eigenvalue weighted by atomic mass is 16.3. The Kier molecular flexibility index (Phi) is 3.19. The van der Waals surface area contributed by atoms with Crippen LogP contribution in [0.5, 0.6) is 0 Å². The molecule has 0 spiro atoms. The minimum absolute atomic E-state index is 0.166. The number of hydrogen-bond donors (Lipinski definition) is 2. The molecule has 2 unspecified atom stereocenters. The first-order valence-corrected chi connectivity index (χ1v) is 6.02. The van der Waals surface area contributed by atoms with Crippen molar-refractivity contribution in [2.75, 3.05) is 13.1 Å². The Hall–Kier alpha value is -1.37. The van der Waals surface area contributed by atoms with Crippen LogP contribution in [0, 0.1) is 23.2 Å². The summed E-state index contributed by atoms with van der Waals surface area (Å²) < 4.78 is 0. The van der Waals surface area contributed by atoms with E-state index in [1.54, 1.807) is 12.1 Å². The molecule has 0 bridgehead atoms. The highest BCUT2D eigenvalue weighted by Gasteiger charge is 2.43. The van der Waals surface area contributed by atoms with Gasteiger partial charge in [-0.3, -0.25) is 0 Å². The first-order valence-electron chi connectivity index (χ1n) is 6.02. The fourth-order valence-corrected chi connectivity index (χ4v) is 2.69. The van der Waals surface area contributed by atoms with Crippen molar-refractivity contribution >= 4 is 0 Å². The second-order valence-corrected chi connectivity index (χ2v) is 4.97. The number of piperidine rings is 1. The molecule has 3 heteroatoms. The van der Waals surface area contributed by atoms with Gasteiger partial charge in [-0.2, -0.15) is 5.26 Å². The first kappa shape index (κ1) is 12.1. The quantitative estimate of drug-likeness (QED) is 0.771. The SMILES string of the molecule is CC1CNCC(C)C1(O)c1ccc(C#N)cc1. The molecule has 1 fully saturated rings. The van der Waals surface area contributed by atoms with Crippen LogP contribution in [0.2, 0.25) is 0 Å². The molecule has 2 atom stereocenters. The van der Waals surface area contributed by atoms with Crippen LogP contribution in [0.15, 0.2) is 24.3 Å². The fraction of sp³-hybridized carbons (Fsp3) is 0.500. The van der Waals surface area contributed by atoms with Crippen molar-refractivity contribution in [2.24, 2.45) is 11.8 Å². The zero-order chi connectivity index (χ0) is 12.5. The van der Waals surface area contributed by atoms with Crippen LogP contribution in [0.1, 0.15) is 25.0 Å². The number of nitriles is 1. The molecule has 0 aromatic heterocycles. The average molecular weight is 230 g/mol. The lowest BCUT2D eigenvalue weighted by Gasteiger charge is -2.44. The van der Waals surface area contributed by atoms with E-state index < -0.39 is 5.60 Å². The Bertz CT molecular complexity index is 423. The van der Waals surface area contributed by atoms with Gasteiger partial charge in [0.05, 0.1) is 17.2 Å². The standard InChI is InChI=1S/C14H18N2O/c1-10-8-16-9-11(2)14(10,17)13-5-3-12(7-15)4-6-13/h3-6,10-11,16-17H,8-9H2,1-2H3. The van der Waals surface area contributed by atoms with Crippen LogP contribution in [0.4, 0.5) is 0 Å². The third kappa shape index (κ3) is 1.95. The number of benzene rings is 1. The summed E-state index contributed by atoms with van der Waals surface area (Å²) in [7, 11) is 0. The molecule has 17 heavy (non-hydrogen) atoms. The molecule has 0 radical (unpaired) electrons. The minimum atomic E-state index is -0.792. The summed E-state index contributed by atoms with van der Waals surface area (Å²) in [5.41, 5.74) is 0.753. The van der Waals surface area contributed by atoms with Crippen molar-refractivity contribution in [1.29, 1.82) is 5.26 Å². The molecule has 0 aliphatic carbocycles. The molecule has 1 aliphatic rings. The van der Waals surface area contributed by atoms with E-state index in [9.17, 15) is 5.11 Å². The summed E-state index contributed by atoms with van der Waals surface area (Å²) in [6.45, 7) is 5.75. The molecule has 1 aromatic carbocycles. The molecule has 1 heterocycles. The van der Waals surface area contributed by atoms with Crippen LogP contribution >= 0.6 is 0 Å². The summed E-state index contributed by atoms with van der Waals surface area (Å²) >= 11 is 0. The van der Waals surface area contributed by atoms with Gasteiger partial charge in [0.1, 0.15) is 0 Å². The Morgan fingerprint density at radius 1 is 1.24 bits per heavy atom. The van der Waals surface area contributed by atoms with E-state index in [1.807, 2.05) is 12.1 Å². The van der Waals surface area contributed by atoms with Crippen molar-refractivity contribution in [1.82, 2.24) is 5.32 Å². The second kappa shape index (κ2) is 4.48. The molecule has 3 nitrogen and oxygen atoms in total. The molecule has 1 aromatic rings. The van der Waals surface area contributed by atoms with Gasteiger partial charge in [-0.05, 0) is 17.7 Å². The van der Waals surface area contributed by atoms with Crippen LogP contribution in [-0.2, 0) is 5.60 Å². The van der Waals surface area contributed by atoms with Crippen LogP contribution < -0.4 is 5.32 Å².